The second-order valence-corrected chi connectivity index (χ2v) is 4.56. The Morgan fingerprint density at radius 2 is 1.17 bits per heavy atom. The van der Waals surface area contributed by atoms with Crippen LogP contribution < -0.4 is 5.32 Å². The van der Waals surface area contributed by atoms with Crippen LogP contribution >= 0.6 is 0 Å². The Morgan fingerprint density at radius 1 is 0.958 bits per heavy atom. The lowest BCUT2D eigenvalue weighted by atomic mass is 10.2. The van der Waals surface area contributed by atoms with Crippen LogP contribution in [-0.2, 0) is 4.79 Å². The third-order valence-corrected chi connectivity index (χ3v) is 1.70. The smallest absolute Gasteiger partial charge is 0.475 e. The normalized spacial score (nSPS) is 9.04. The summed E-state index contributed by atoms with van der Waals surface area (Å²) >= 11 is 0. The number of halogens is 3. The Bertz CT molecular complexity index is 205. The van der Waals surface area contributed by atoms with Gasteiger partial charge >= 0.3 is 12.1 Å². The summed E-state index contributed by atoms with van der Waals surface area (Å²) in [5.74, 6) is -2.76. The Morgan fingerprint density at radius 3 is 1.21 bits per heavy atom. The molecule has 0 aliphatic carbocycles. The number of unbranched alkanes of at least 4 members (excludes halogenated alkanes) is 3. The van der Waals surface area contributed by atoms with Crippen molar-refractivity contribution >= 4 is 5.97 Å². The van der Waals surface area contributed by atoms with Gasteiger partial charge in [-0.05, 0) is 26.9 Å². The highest BCUT2D eigenvalue weighted by Gasteiger charge is 2.38. The molecule has 0 bridgehead atoms. The molecule has 0 saturated heterocycles. The molecule has 0 atom stereocenters. The molecule has 0 amide bonds. The monoisotopic (exact) mass is 365 g/mol. The van der Waals surface area contributed by atoms with E-state index < -0.39 is 12.1 Å². The molecule has 0 aromatic heterocycles. The third kappa shape index (κ3) is 83.4. The minimum absolute atomic E-state index is 0.167. The first-order valence-electron chi connectivity index (χ1n) is 8.14. The number of carboxylic acid groups (broad SMARTS) is 1. The topological polar surface area (TPSA) is 89.8 Å². The van der Waals surface area contributed by atoms with Crippen molar-refractivity contribution in [2.45, 2.75) is 79.5 Å². The summed E-state index contributed by atoms with van der Waals surface area (Å²) in [7, 11) is 1.00. The predicted octanol–water partition coefficient (Wildman–Crippen LogP) is 3.83. The van der Waals surface area contributed by atoms with Crippen molar-refractivity contribution in [2.24, 2.45) is 0 Å². The molecule has 0 spiro atoms. The molecule has 0 aliphatic rings. The van der Waals surface area contributed by atoms with Gasteiger partial charge in [0.15, 0.2) is 0 Å². The standard InChI is InChI=1S/C6H14.C4H11N.C3H8O.C2HF3O2.CH4O/c1-3-5-6-4-2;1-3-5-4-2;1-3(2)4;3-2(4,5)1(6)7;1-2/h3-6H2,1-2H3;5H,3-4H2,1-2H3;3-4H,1-2H3;(H,6,7);2H,1H3. The summed E-state index contributed by atoms with van der Waals surface area (Å²) in [5, 5.41) is 25.3. The molecule has 0 saturated carbocycles. The first-order chi connectivity index (χ1) is 11.0. The first-order valence-corrected chi connectivity index (χ1v) is 8.14. The van der Waals surface area contributed by atoms with E-state index in [-0.39, 0.29) is 6.10 Å². The molecule has 5 nitrogen and oxygen atoms in total. The van der Waals surface area contributed by atoms with E-state index in [9.17, 15) is 13.2 Å². The number of rotatable bonds is 5. The van der Waals surface area contributed by atoms with Crippen LogP contribution in [0.4, 0.5) is 13.2 Å². The molecule has 4 N–H and O–H groups in total. The van der Waals surface area contributed by atoms with Crippen molar-refractivity contribution < 1.29 is 33.3 Å². The van der Waals surface area contributed by atoms with Crippen LogP contribution in [0.2, 0.25) is 0 Å². The second-order valence-electron chi connectivity index (χ2n) is 4.56. The highest BCUT2D eigenvalue weighted by molar-refractivity contribution is 5.73. The second kappa shape index (κ2) is 30.1. The SMILES string of the molecule is CC(C)O.CCCCCC.CCNCC.CO.O=C(O)C(F)(F)F. The van der Waals surface area contributed by atoms with Gasteiger partial charge in [-0.3, -0.25) is 0 Å². The van der Waals surface area contributed by atoms with E-state index in [1.165, 1.54) is 25.7 Å². The lowest BCUT2D eigenvalue weighted by Gasteiger charge is -1.93. The summed E-state index contributed by atoms with van der Waals surface area (Å²) in [5.41, 5.74) is 0. The maximum Gasteiger partial charge on any atom is 0.490 e. The van der Waals surface area contributed by atoms with E-state index in [1.54, 1.807) is 13.8 Å². The molecule has 0 heterocycles. The first kappa shape index (κ1) is 34.5. The molecule has 8 heteroatoms. The molecule has 0 fully saturated rings. The predicted molar refractivity (Wildman–Crippen MR) is 93.2 cm³/mol. The van der Waals surface area contributed by atoms with Gasteiger partial charge in [-0.25, -0.2) is 4.79 Å². The van der Waals surface area contributed by atoms with Gasteiger partial charge in [-0.2, -0.15) is 13.2 Å². The number of aliphatic hydroxyl groups excluding tert-OH is 2. The number of carbonyl (C=O) groups is 1. The minimum atomic E-state index is -5.08. The largest absolute Gasteiger partial charge is 0.490 e. The Labute approximate surface area is 145 Å². The Kier molecular flexibility index (Phi) is 43.2. The van der Waals surface area contributed by atoms with Crippen LogP contribution in [0.25, 0.3) is 0 Å². The molecular formula is C16H38F3NO4. The number of hydrogen-bond donors (Lipinski definition) is 4. The van der Waals surface area contributed by atoms with Gasteiger partial charge < -0.3 is 20.6 Å². The van der Waals surface area contributed by atoms with Crippen LogP contribution in [0.1, 0.15) is 67.2 Å². The van der Waals surface area contributed by atoms with Gasteiger partial charge in [0.2, 0.25) is 0 Å². The maximum atomic E-state index is 10.6. The number of aliphatic hydroxyl groups is 2. The van der Waals surface area contributed by atoms with Gasteiger partial charge in [0.25, 0.3) is 0 Å². The maximum absolute atomic E-state index is 10.6. The van der Waals surface area contributed by atoms with E-state index in [0.29, 0.717) is 0 Å². The lowest BCUT2D eigenvalue weighted by Crippen LogP contribution is -2.21. The van der Waals surface area contributed by atoms with Crippen molar-refractivity contribution in [1.82, 2.24) is 5.32 Å². The van der Waals surface area contributed by atoms with Gasteiger partial charge in [0.05, 0.1) is 0 Å². The number of alkyl halides is 3. The van der Waals surface area contributed by atoms with Crippen molar-refractivity contribution in [3.05, 3.63) is 0 Å². The van der Waals surface area contributed by atoms with Crippen molar-refractivity contribution in [3.63, 3.8) is 0 Å². The van der Waals surface area contributed by atoms with E-state index in [1.807, 2.05) is 0 Å². The van der Waals surface area contributed by atoms with E-state index in [2.05, 4.69) is 33.0 Å². The molecular weight excluding hydrogens is 327 g/mol. The summed E-state index contributed by atoms with van der Waals surface area (Å²) in [6, 6.07) is 0. The Hall–Kier alpha value is -0.860. The van der Waals surface area contributed by atoms with E-state index in [0.717, 1.165) is 20.2 Å². The number of hydrogen-bond acceptors (Lipinski definition) is 4. The molecule has 0 aliphatic heterocycles. The summed E-state index contributed by atoms with van der Waals surface area (Å²) in [4.78, 5) is 8.90. The fourth-order valence-electron chi connectivity index (χ4n) is 0.750. The highest BCUT2D eigenvalue weighted by atomic mass is 19.4. The van der Waals surface area contributed by atoms with Crippen LogP contribution in [-0.4, -0.2) is 53.8 Å². The molecule has 0 aromatic carbocycles. The van der Waals surface area contributed by atoms with Crippen LogP contribution in [0.3, 0.4) is 0 Å². The van der Waals surface area contributed by atoms with Gasteiger partial charge in [-0.15, -0.1) is 0 Å². The van der Waals surface area contributed by atoms with Gasteiger partial charge in [0.1, 0.15) is 0 Å². The quantitative estimate of drug-likeness (QED) is 0.556. The fourth-order valence-corrected chi connectivity index (χ4v) is 0.750. The van der Waals surface area contributed by atoms with Crippen molar-refractivity contribution in [2.75, 3.05) is 20.2 Å². The van der Waals surface area contributed by atoms with Gasteiger partial charge in [-0.1, -0.05) is 53.4 Å². The molecule has 0 aromatic rings. The van der Waals surface area contributed by atoms with Crippen LogP contribution in [0, 0.1) is 0 Å². The molecule has 0 rings (SSSR count). The highest BCUT2D eigenvalue weighted by Crippen LogP contribution is 2.13. The van der Waals surface area contributed by atoms with Crippen molar-refractivity contribution in [1.29, 1.82) is 0 Å². The molecule has 24 heavy (non-hydrogen) atoms. The minimum Gasteiger partial charge on any atom is -0.475 e. The summed E-state index contributed by atoms with van der Waals surface area (Å²) in [6.45, 7) is 14.3. The van der Waals surface area contributed by atoms with Gasteiger partial charge in [0, 0.05) is 13.2 Å². The summed E-state index contributed by atoms with van der Waals surface area (Å²) < 4.78 is 31.7. The number of carboxylic acids is 1. The number of aliphatic carboxylic acids is 1. The average Bonchev–Trinajstić information content (AvgIpc) is 2.48. The van der Waals surface area contributed by atoms with Crippen LogP contribution in [0.5, 0.6) is 0 Å². The third-order valence-electron chi connectivity index (χ3n) is 1.70. The Balaban J connectivity index is -0.0000000657. The zero-order valence-corrected chi connectivity index (χ0v) is 16.2. The van der Waals surface area contributed by atoms with Crippen LogP contribution in [0.15, 0.2) is 0 Å². The van der Waals surface area contributed by atoms with E-state index in [4.69, 9.17) is 20.1 Å². The summed E-state index contributed by atoms with van der Waals surface area (Å²) in [6.07, 6.45) is 0.286. The molecule has 0 radical (unpaired) electrons. The van der Waals surface area contributed by atoms with E-state index >= 15 is 0 Å². The zero-order valence-electron chi connectivity index (χ0n) is 16.2. The number of nitrogens with one attached hydrogen (secondary N) is 1. The molecule has 0 unspecified atom stereocenters. The molecule has 152 valence electrons. The lowest BCUT2D eigenvalue weighted by molar-refractivity contribution is -0.192. The fraction of sp³-hybridized carbons (Fsp3) is 0.938. The van der Waals surface area contributed by atoms with Crippen molar-refractivity contribution in [3.8, 4) is 0 Å². The zero-order chi connectivity index (χ0) is 20.6. The average molecular weight is 365 g/mol.